The lowest BCUT2D eigenvalue weighted by Gasteiger charge is -2.14. The van der Waals surface area contributed by atoms with Gasteiger partial charge in [0.2, 0.25) is 0 Å². The van der Waals surface area contributed by atoms with E-state index in [1.165, 1.54) is 22.6 Å². The molecule has 138 valence electrons. The molecule has 2 heterocycles. The molecule has 25 heavy (non-hydrogen) atoms. The lowest BCUT2D eigenvalue weighted by atomic mass is 9.95. The molecule has 7 heteroatoms. The van der Waals surface area contributed by atoms with Gasteiger partial charge in [0.15, 0.2) is 6.54 Å². The van der Waals surface area contributed by atoms with Gasteiger partial charge in [-0.1, -0.05) is 0 Å². The Balaban J connectivity index is 1.73. The highest BCUT2D eigenvalue weighted by molar-refractivity contribution is 7.17. The predicted octanol–water partition coefficient (Wildman–Crippen LogP) is 0.620. The maximum Gasteiger partial charge on any atom is 0.280 e. The highest BCUT2D eigenvalue weighted by atomic mass is 32.1. The van der Waals surface area contributed by atoms with E-state index in [4.69, 9.17) is 4.74 Å². The van der Waals surface area contributed by atoms with Crippen molar-refractivity contribution in [3.8, 4) is 0 Å². The number of thiophene rings is 1. The van der Waals surface area contributed by atoms with Crippen molar-refractivity contribution in [3.05, 3.63) is 16.0 Å². The Labute approximate surface area is 152 Å². The molecule has 0 unspecified atom stereocenters. The summed E-state index contributed by atoms with van der Waals surface area (Å²) in [4.78, 5) is 27.7. The molecule has 1 fully saturated rings. The van der Waals surface area contributed by atoms with Crippen LogP contribution in [0.4, 0.5) is 5.00 Å². The average Bonchev–Trinajstić information content (AvgIpc) is 3.21. The van der Waals surface area contributed by atoms with Crippen molar-refractivity contribution >= 4 is 28.2 Å². The van der Waals surface area contributed by atoms with Crippen LogP contribution in [0.25, 0.3) is 0 Å². The predicted molar refractivity (Wildman–Crippen MR) is 98.6 cm³/mol. The molecule has 1 saturated heterocycles. The van der Waals surface area contributed by atoms with Gasteiger partial charge < -0.3 is 20.3 Å². The van der Waals surface area contributed by atoms with Crippen LogP contribution in [-0.2, 0) is 22.4 Å². The zero-order valence-electron chi connectivity index (χ0n) is 14.9. The summed E-state index contributed by atoms with van der Waals surface area (Å²) in [6, 6.07) is 0. The number of hydrogen-bond donors (Lipinski definition) is 3. The summed E-state index contributed by atoms with van der Waals surface area (Å²) in [6.07, 6.45) is 6.58. The van der Waals surface area contributed by atoms with E-state index in [1.807, 2.05) is 0 Å². The number of fused-ring (bicyclic) bond motifs is 1. The Bertz CT molecular complexity index is 623. The SMILES string of the molecule is COCCNC(=O)c1c(NC(=O)C[NH+]2CCCC2)sc2c1CCCC2. The van der Waals surface area contributed by atoms with Crippen molar-refractivity contribution in [2.75, 3.05) is 45.2 Å². The first-order valence-corrected chi connectivity index (χ1v) is 10.1. The molecule has 2 aliphatic rings. The van der Waals surface area contributed by atoms with Gasteiger partial charge in [-0.2, -0.15) is 0 Å². The first-order chi connectivity index (χ1) is 12.2. The first kappa shape index (κ1) is 18.4. The number of hydrogen-bond acceptors (Lipinski definition) is 4. The molecule has 0 aromatic carbocycles. The second kappa shape index (κ2) is 8.78. The minimum absolute atomic E-state index is 0.0152. The van der Waals surface area contributed by atoms with Crippen molar-refractivity contribution < 1.29 is 19.2 Å². The Hall–Kier alpha value is -1.44. The highest BCUT2D eigenvalue weighted by Gasteiger charge is 2.27. The molecule has 0 atom stereocenters. The average molecular weight is 367 g/mol. The molecular formula is C18H28N3O3S+. The van der Waals surface area contributed by atoms with Crippen LogP contribution in [0.3, 0.4) is 0 Å². The second-order valence-electron chi connectivity index (χ2n) is 6.85. The summed E-state index contributed by atoms with van der Waals surface area (Å²) >= 11 is 1.58. The topological polar surface area (TPSA) is 71.9 Å². The van der Waals surface area contributed by atoms with E-state index in [0.29, 0.717) is 25.3 Å². The molecule has 6 nitrogen and oxygen atoms in total. The van der Waals surface area contributed by atoms with E-state index >= 15 is 0 Å². The summed E-state index contributed by atoms with van der Waals surface area (Å²) < 4.78 is 5.01. The van der Waals surface area contributed by atoms with Gasteiger partial charge in [0.1, 0.15) is 5.00 Å². The van der Waals surface area contributed by atoms with E-state index in [-0.39, 0.29) is 11.8 Å². The third-order valence-electron chi connectivity index (χ3n) is 4.96. The van der Waals surface area contributed by atoms with Crippen LogP contribution < -0.4 is 15.5 Å². The van der Waals surface area contributed by atoms with Crippen LogP contribution >= 0.6 is 11.3 Å². The number of amides is 2. The van der Waals surface area contributed by atoms with Crippen LogP contribution in [-0.4, -0.2) is 51.7 Å². The maximum atomic E-state index is 12.7. The number of rotatable bonds is 7. The molecule has 1 aromatic heterocycles. The third kappa shape index (κ3) is 4.59. The number of quaternary nitrogens is 1. The summed E-state index contributed by atoms with van der Waals surface area (Å²) in [7, 11) is 1.62. The zero-order valence-corrected chi connectivity index (χ0v) is 15.7. The summed E-state index contributed by atoms with van der Waals surface area (Å²) in [5.74, 6) is -0.0818. The van der Waals surface area contributed by atoms with Gasteiger partial charge >= 0.3 is 0 Å². The van der Waals surface area contributed by atoms with E-state index in [1.54, 1.807) is 18.4 Å². The van der Waals surface area contributed by atoms with Gasteiger partial charge in [-0.05, 0) is 31.2 Å². The van der Waals surface area contributed by atoms with Crippen molar-refractivity contribution in [1.29, 1.82) is 0 Å². The number of methoxy groups -OCH3 is 1. The highest BCUT2D eigenvalue weighted by Crippen LogP contribution is 2.38. The molecule has 3 rings (SSSR count). The number of aryl methyl sites for hydroxylation is 1. The van der Waals surface area contributed by atoms with Crippen LogP contribution in [0, 0.1) is 0 Å². The molecule has 0 bridgehead atoms. The largest absolute Gasteiger partial charge is 0.383 e. The summed E-state index contributed by atoms with van der Waals surface area (Å²) in [5.41, 5.74) is 1.82. The first-order valence-electron chi connectivity index (χ1n) is 9.24. The van der Waals surface area contributed by atoms with E-state index in [9.17, 15) is 9.59 Å². The van der Waals surface area contributed by atoms with Gasteiger partial charge in [0, 0.05) is 31.4 Å². The third-order valence-corrected chi connectivity index (χ3v) is 6.17. The molecule has 3 N–H and O–H groups in total. The van der Waals surface area contributed by atoms with E-state index in [2.05, 4.69) is 10.6 Å². The molecule has 0 radical (unpaired) electrons. The van der Waals surface area contributed by atoms with Gasteiger partial charge in [0.25, 0.3) is 11.8 Å². The van der Waals surface area contributed by atoms with Crippen molar-refractivity contribution in [1.82, 2.24) is 5.32 Å². The van der Waals surface area contributed by atoms with E-state index < -0.39 is 0 Å². The molecule has 1 aromatic rings. The number of carbonyl (C=O) groups is 2. The lowest BCUT2D eigenvalue weighted by Crippen LogP contribution is -3.11. The van der Waals surface area contributed by atoms with Crippen LogP contribution in [0.15, 0.2) is 0 Å². The van der Waals surface area contributed by atoms with Crippen molar-refractivity contribution in [2.45, 2.75) is 38.5 Å². The molecular weight excluding hydrogens is 338 g/mol. The van der Waals surface area contributed by atoms with Gasteiger partial charge in [-0.3, -0.25) is 9.59 Å². The number of anilines is 1. The molecule has 2 amide bonds. The van der Waals surface area contributed by atoms with Crippen LogP contribution in [0.2, 0.25) is 0 Å². The monoisotopic (exact) mass is 366 g/mol. The van der Waals surface area contributed by atoms with Crippen molar-refractivity contribution in [3.63, 3.8) is 0 Å². The molecule has 0 spiro atoms. The fourth-order valence-electron chi connectivity index (χ4n) is 3.70. The van der Waals surface area contributed by atoms with Crippen LogP contribution in [0.5, 0.6) is 0 Å². The minimum Gasteiger partial charge on any atom is -0.383 e. The molecule has 1 aliphatic carbocycles. The maximum absolute atomic E-state index is 12.7. The van der Waals surface area contributed by atoms with Gasteiger partial charge in [-0.25, -0.2) is 0 Å². The quantitative estimate of drug-likeness (QED) is 0.620. The van der Waals surface area contributed by atoms with E-state index in [0.717, 1.165) is 49.3 Å². The fraction of sp³-hybridized carbons (Fsp3) is 0.667. The normalized spacial score (nSPS) is 17.3. The smallest absolute Gasteiger partial charge is 0.280 e. The standard InChI is InChI=1S/C18H27N3O3S/c1-24-11-8-19-17(23)16-13-6-2-3-7-14(13)25-18(16)20-15(22)12-21-9-4-5-10-21/h2-12H2,1H3,(H,19,23)(H,20,22)/p+1. The molecule has 1 aliphatic heterocycles. The van der Waals surface area contributed by atoms with Gasteiger partial charge in [-0.15, -0.1) is 11.3 Å². The number of likely N-dealkylation sites (tertiary alicyclic amines) is 1. The van der Waals surface area contributed by atoms with Crippen molar-refractivity contribution in [2.24, 2.45) is 0 Å². The summed E-state index contributed by atoms with van der Waals surface area (Å²) in [5, 5.41) is 6.67. The number of nitrogens with one attached hydrogen (secondary N) is 3. The Kier molecular flexibility index (Phi) is 6.45. The Morgan fingerprint density at radius 2 is 1.92 bits per heavy atom. The zero-order chi connectivity index (χ0) is 17.6. The number of ether oxygens (including phenoxy) is 1. The fourth-order valence-corrected chi connectivity index (χ4v) is 5.00. The lowest BCUT2D eigenvalue weighted by molar-refractivity contribution is -0.878. The van der Waals surface area contributed by atoms with Gasteiger partial charge in [0.05, 0.1) is 25.3 Å². The van der Waals surface area contributed by atoms with Crippen LogP contribution in [0.1, 0.15) is 46.5 Å². The Morgan fingerprint density at radius 1 is 1.16 bits per heavy atom. The molecule has 0 saturated carbocycles. The Morgan fingerprint density at radius 3 is 2.68 bits per heavy atom. The summed E-state index contributed by atoms with van der Waals surface area (Å²) in [6.45, 7) is 3.59. The number of carbonyl (C=O) groups excluding carboxylic acids is 2. The second-order valence-corrected chi connectivity index (χ2v) is 7.95. The minimum atomic E-state index is -0.0970.